The van der Waals surface area contributed by atoms with Crippen molar-refractivity contribution in [3.05, 3.63) is 46.1 Å². The van der Waals surface area contributed by atoms with E-state index in [4.69, 9.17) is 9.47 Å². The molecule has 0 radical (unpaired) electrons. The van der Waals surface area contributed by atoms with Gasteiger partial charge in [0.15, 0.2) is 5.76 Å². The summed E-state index contributed by atoms with van der Waals surface area (Å²) in [6.45, 7) is 3.26. The lowest BCUT2D eigenvalue weighted by Crippen LogP contribution is -2.39. The molecular weight excluding hydrogens is 410 g/mol. The molecule has 1 amide bonds. The molecule has 5 nitrogen and oxygen atoms in total. The Hall–Kier alpha value is -1.37. The van der Waals surface area contributed by atoms with E-state index >= 15 is 0 Å². The maximum atomic E-state index is 12.6. The molecule has 27 heavy (non-hydrogen) atoms. The van der Waals surface area contributed by atoms with Gasteiger partial charge in [0.1, 0.15) is 0 Å². The van der Waals surface area contributed by atoms with Crippen molar-refractivity contribution in [3.8, 4) is 0 Å². The molecule has 1 aromatic carbocycles. The molecule has 2 aliphatic rings. The molecule has 1 aliphatic carbocycles. The minimum Gasteiger partial charge on any atom is -0.459 e. The maximum Gasteiger partial charge on any atom is 0.286 e. The Morgan fingerprint density at radius 1 is 1.33 bits per heavy atom. The van der Waals surface area contributed by atoms with Crippen LogP contribution in [0.4, 0.5) is 0 Å². The van der Waals surface area contributed by atoms with Crippen molar-refractivity contribution < 1.29 is 19.4 Å². The summed E-state index contributed by atoms with van der Waals surface area (Å²) in [6.07, 6.45) is 5.22. The predicted octanol–water partition coefficient (Wildman–Crippen LogP) is 3.72. The van der Waals surface area contributed by atoms with Gasteiger partial charge in [-0.2, -0.15) is 0 Å². The van der Waals surface area contributed by atoms with Gasteiger partial charge in [-0.15, -0.1) is 0 Å². The third-order valence-electron chi connectivity index (χ3n) is 5.14. The molecule has 1 fully saturated rings. The number of rotatable bonds is 9. The average molecular weight is 438 g/mol. The molecule has 0 bridgehead atoms. The van der Waals surface area contributed by atoms with E-state index in [1.807, 2.05) is 25.1 Å². The van der Waals surface area contributed by atoms with Crippen molar-refractivity contribution >= 4 is 21.8 Å². The highest BCUT2D eigenvalue weighted by atomic mass is 79.9. The van der Waals surface area contributed by atoms with Crippen molar-refractivity contribution in [1.82, 2.24) is 5.32 Å². The maximum absolute atomic E-state index is 12.6. The molecule has 3 atom stereocenters. The third-order valence-corrected chi connectivity index (χ3v) is 5.67. The summed E-state index contributed by atoms with van der Waals surface area (Å²) in [4.78, 5) is 12.6. The van der Waals surface area contributed by atoms with Gasteiger partial charge in [0.25, 0.3) is 5.91 Å². The van der Waals surface area contributed by atoms with Crippen LogP contribution < -0.4 is 5.32 Å². The Balaban J connectivity index is 1.86. The van der Waals surface area contributed by atoms with Gasteiger partial charge in [0.05, 0.1) is 0 Å². The number of ether oxygens (including phenoxy) is 2. The zero-order valence-electron chi connectivity index (χ0n) is 15.7. The van der Waals surface area contributed by atoms with Crippen molar-refractivity contribution in [2.75, 3.05) is 19.8 Å². The van der Waals surface area contributed by atoms with Crippen LogP contribution in [0.5, 0.6) is 0 Å². The minimum atomic E-state index is -0.498. The smallest absolute Gasteiger partial charge is 0.286 e. The number of hydrogen-bond donors (Lipinski definition) is 2. The molecule has 3 rings (SSSR count). The number of allylic oxidation sites excluding steroid dienone is 1. The first-order valence-corrected chi connectivity index (χ1v) is 10.6. The molecule has 0 unspecified atom stereocenters. The molecule has 148 valence electrons. The molecule has 1 saturated carbocycles. The van der Waals surface area contributed by atoms with Crippen LogP contribution in [0, 0.1) is 11.8 Å². The van der Waals surface area contributed by atoms with Crippen molar-refractivity contribution in [3.63, 3.8) is 0 Å². The number of amides is 1. The highest BCUT2D eigenvalue weighted by molar-refractivity contribution is 9.10. The van der Waals surface area contributed by atoms with Crippen LogP contribution in [0.15, 0.2) is 40.6 Å². The summed E-state index contributed by atoms with van der Waals surface area (Å²) in [5, 5.41) is 12.3. The van der Waals surface area contributed by atoms with E-state index in [1.54, 1.807) is 0 Å². The van der Waals surface area contributed by atoms with Crippen molar-refractivity contribution in [1.29, 1.82) is 0 Å². The van der Waals surface area contributed by atoms with Gasteiger partial charge in [-0.05, 0) is 62.3 Å². The number of nitrogens with one attached hydrogen (secondary N) is 1. The molecule has 0 saturated heterocycles. The van der Waals surface area contributed by atoms with E-state index in [0.29, 0.717) is 31.2 Å². The summed E-state index contributed by atoms with van der Waals surface area (Å²) in [5.41, 5.74) is 1.11. The van der Waals surface area contributed by atoms with Gasteiger partial charge < -0.3 is 19.9 Å². The SMILES string of the molecule is CCO[C@H]1OC(C(=O)NCC2CC2)=C[C@@H](c2ccc(Br)cc2)[C@@H]1CCCO. The van der Waals surface area contributed by atoms with E-state index in [2.05, 4.69) is 33.4 Å². The van der Waals surface area contributed by atoms with Crippen LogP contribution in [0.25, 0.3) is 0 Å². The van der Waals surface area contributed by atoms with E-state index < -0.39 is 6.29 Å². The number of halogens is 1. The van der Waals surface area contributed by atoms with Crippen LogP contribution in [0.3, 0.4) is 0 Å². The van der Waals surface area contributed by atoms with Crippen LogP contribution in [0.2, 0.25) is 0 Å². The summed E-state index contributed by atoms with van der Waals surface area (Å²) < 4.78 is 12.8. The van der Waals surface area contributed by atoms with E-state index in [9.17, 15) is 9.90 Å². The second kappa shape index (κ2) is 9.71. The van der Waals surface area contributed by atoms with E-state index in [-0.39, 0.29) is 24.3 Å². The summed E-state index contributed by atoms with van der Waals surface area (Å²) in [6, 6.07) is 8.13. The Bertz CT molecular complexity index is 657. The first kappa shape index (κ1) is 20.4. The fourth-order valence-corrected chi connectivity index (χ4v) is 3.74. The Kier molecular flexibility index (Phi) is 7.33. The highest BCUT2D eigenvalue weighted by Crippen LogP contribution is 2.39. The lowest BCUT2D eigenvalue weighted by Gasteiger charge is -2.37. The quantitative estimate of drug-likeness (QED) is 0.617. The molecule has 0 aromatic heterocycles. The predicted molar refractivity (Wildman–Crippen MR) is 107 cm³/mol. The molecule has 1 aromatic rings. The van der Waals surface area contributed by atoms with Crippen molar-refractivity contribution in [2.45, 2.75) is 44.8 Å². The van der Waals surface area contributed by atoms with E-state index in [0.717, 1.165) is 16.5 Å². The first-order valence-electron chi connectivity index (χ1n) is 9.77. The van der Waals surface area contributed by atoms with Gasteiger partial charge in [-0.3, -0.25) is 4.79 Å². The minimum absolute atomic E-state index is 0.00313. The van der Waals surface area contributed by atoms with Crippen LogP contribution in [-0.4, -0.2) is 37.1 Å². The molecule has 0 spiro atoms. The van der Waals surface area contributed by atoms with Crippen LogP contribution in [-0.2, 0) is 14.3 Å². The van der Waals surface area contributed by atoms with E-state index in [1.165, 1.54) is 12.8 Å². The van der Waals surface area contributed by atoms with Gasteiger partial charge >= 0.3 is 0 Å². The standard InChI is InChI=1S/C21H28BrNO4/c1-2-26-21-17(4-3-11-24)18(15-7-9-16(22)10-8-15)12-19(27-21)20(25)23-13-14-5-6-14/h7-10,12,14,17-18,21,24H,2-6,11,13H2,1H3,(H,23,25)/t17-,18-,21-/m0/s1. The Morgan fingerprint density at radius 3 is 2.70 bits per heavy atom. The topological polar surface area (TPSA) is 67.8 Å². The number of carbonyl (C=O) groups excluding carboxylic acids is 1. The average Bonchev–Trinajstić information content (AvgIpc) is 3.50. The number of benzene rings is 1. The fraction of sp³-hybridized carbons (Fsp3) is 0.571. The third kappa shape index (κ3) is 5.56. The lowest BCUT2D eigenvalue weighted by atomic mass is 9.80. The van der Waals surface area contributed by atoms with Crippen LogP contribution in [0.1, 0.15) is 44.1 Å². The molecule has 6 heteroatoms. The molecule has 1 aliphatic heterocycles. The molecule has 2 N–H and O–H groups in total. The summed E-state index contributed by atoms with van der Waals surface area (Å²) >= 11 is 3.48. The van der Waals surface area contributed by atoms with Gasteiger partial charge in [-0.1, -0.05) is 28.1 Å². The van der Waals surface area contributed by atoms with Crippen LogP contribution >= 0.6 is 15.9 Å². The molecule has 1 heterocycles. The zero-order chi connectivity index (χ0) is 19.2. The van der Waals surface area contributed by atoms with Crippen molar-refractivity contribution in [2.24, 2.45) is 11.8 Å². The normalized spacial score (nSPS) is 24.9. The zero-order valence-corrected chi connectivity index (χ0v) is 17.3. The van der Waals surface area contributed by atoms with Gasteiger partial charge in [0.2, 0.25) is 6.29 Å². The first-order chi connectivity index (χ1) is 13.1. The van der Waals surface area contributed by atoms with Gasteiger partial charge in [-0.25, -0.2) is 0 Å². The second-order valence-corrected chi connectivity index (χ2v) is 8.15. The number of aliphatic hydroxyl groups excluding tert-OH is 1. The Labute approximate surface area is 169 Å². The summed E-state index contributed by atoms with van der Waals surface area (Å²) in [5.74, 6) is 0.812. The fourth-order valence-electron chi connectivity index (χ4n) is 3.48. The Morgan fingerprint density at radius 2 is 2.07 bits per heavy atom. The second-order valence-electron chi connectivity index (χ2n) is 7.23. The number of hydrogen-bond acceptors (Lipinski definition) is 4. The number of aliphatic hydroxyl groups is 1. The monoisotopic (exact) mass is 437 g/mol. The number of carbonyl (C=O) groups is 1. The molecular formula is C21H28BrNO4. The highest BCUT2D eigenvalue weighted by Gasteiger charge is 2.38. The van der Waals surface area contributed by atoms with Gasteiger partial charge in [0, 0.05) is 36.1 Å². The largest absolute Gasteiger partial charge is 0.459 e. The lowest BCUT2D eigenvalue weighted by molar-refractivity contribution is -0.166. The summed E-state index contributed by atoms with van der Waals surface area (Å²) in [7, 11) is 0.